The predicted molar refractivity (Wildman–Crippen MR) is 72.8 cm³/mol. The van der Waals surface area contributed by atoms with E-state index in [1.54, 1.807) is 25.5 Å². The van der Waals surface area contributed by atoms with Gasteiger partial charge in [0.2, 0.25) is 0 Å². The van der Waals surface area contributed by atoms with Crippen LogP contribution in [0.25, 0.3) is 0 Å². The van der Waals surface area contributed by atoms with Crippen LogP contribution in [0.15, 0.2) is 35.4 Å². The summed E-state index contributed by atoms with van der Waals surface area (Å²) in [6.07, 6.45) is 3.90. The van der Waals surface area contributed by atoms with Crippen LogP contribution in [0.5, 0.6) is 0 Å². The highest BCUT2D eigenvalue weighted by atomic mass is 19.1. The Labute approximate surface area is 110 Å². The van der Waals surface area contributed by atoms with Gasteiger partial charge in [-0.15, -0.1) is 0 Å². The van der Waals surface area contributed by atoms with Crippen LogP contribution in [-0.4, -0.2) is 16.1 Å². The van der Waals surface area contributed by atoms with Crippen molar-refractivity contribution in [3.05, 3.63) is 57.9 Å². The molecule has 0 aliphatic heterocycles. The number of halogens is 1. The number of anilines is 1. The van der Waals surface area contributed by atoms with E-state index in [9.17, 15) is 9.18 Å². The maximum absolute atomic E-state index is 13.0. The van der Waals surface area contributed by atoms with E-state index in [2.05, 4.69) is 10.3 Å². The van der Waals surface area contributed by atoms with Crippen LogP contribution < -0.4 is 10.9 Å². The van der Waals surface area contributed by atoms with Gasteiger partial charge in [0.25, 0.3) is 5.56 Å². The molecule has 0 saturated carbocycles. The molecule has 5 heteroatoms. The summed E-state index contributed by atoms with van der Waals surface area (Å²) >= 11 is 0. The molecule has 2 aromatic rings. The van der Waals surface area contributed by atoms with Crippen molar-refractivity contribution in [3.63, 3.8) is 0 Å². The Morgan fingerprint density at radius 3 is 2.95 bits per heavy atom. The van der Waals surface area contributed by atoms with E-state index in [-0.39, 0.29) is 11.4 Å². The Bertz CT molecular complexity index is 637. The van der Waals surface area contributed by atoms with Gasteiger partial charge in [0.1, 0.15) is 5.82 Å². The van der Waals surface area contributed by atoms with E-state index < -0.39 is 0 Å². The number of nitrogens with zero attached hydrogens (tertiary/aromatic N) is 2. The van der Waals surface area contributed by atoms with Gasteiger partial charge in [-0.05, 0) is 36.6 Å². The topological polar surface area (TPSA) is 46.9 Å². The number of rotatable bonds is 4. The zero-order valence-corrected chi connectivity index (χ0v) is 11.0. The highest BCUT2D eigenvalue weighted by Crippen LogP contribution is 2.10. The minimum atomic E-state index is -0.229. The van der Waals surface area contributed by atoms with Crippen LogP contribution >= 0.6 is 0 Å². The normalized spacial score (nSPS) is 10.5. The fourth-order valence-corrected chi connectivity index (χ4v) is 1.87. The molecule has 0 amide bonds. The van der Waals surface area contributed by atoms with Gasteiger partial charge in [-0.1, -0.05) is 6.07 Å². The fraction of sp³-hybridized carbons (Fsp3) is 0.286. The number of aryl methyl sites for hydroxylation is 2. The van der Waals surface area contributed by atoms with E-state index in [1.165, 1.54) is 16.7 Å². The van der Waals surface area contributed by atoms with Crippen molar-refractivity contribution in [2.75, 3.05) is 11.9 Å². The second kappa shape index (κ2) is 5.65. The SMILES string of the molecule is Cc1cc(F)ccc1CCNc1nccn(C)c1=O. The maximum atomic E-state index is 13.0. The lowest BCUT2D eigenvalue weighted by molar-refractivity contribution is 0.625. The molecule has 0 bridgehead atoms. The van der Waals surface area contributed by atoms with E-state index >= 15 is 0 Å². The first-order valence-electron chi connectivity index (χ1n) is 6.08. The Balaban J connectivity index is 2.00. The van der Waals surface area contributed by atoms with Crippen LogP contribution in [-0.2, 0) is 13.5 Å². The van der Waals surface area contributed by atoms with Crippen LogP contribution in [0.3, 0.4) is 0 Å². The van der Waals surface area contributed by atoms with E-state index in [4.69, 9.17) is 0 Å². The number of aromatic nitrogens is 2. The van der Waals surface area contributed by atoms with Gasteiger partial charge in [0.05, 0.1) is 0 Å². The second-order valence-corrected chi connectivity index (χ2v) is 4.44. The molecule has 0 fully saturated rings. The standard InChI is InChI=1S/C14H16FN3O/c1-10-9-12(15)4-3-11(10)5-6-16-13-14(19)18(2)8-7-17-13/h3-4,7-9H,5-6H2,1-2H3,(H,16,17). The van der Waals surface area contributed by atoms with Gasteiger partial charge in [-0.2, -0.15) is 0 Å². The summed E-state index contributed by atoms with van der Waals surface area (Å²) in [4.78, 5) is 15.7. The van der Waals surface area contributed by atoms with E-state index in [0.29, 0.717) is 18.8 Å². The predicted octanol–water partition coefficient (Wildman–Crippen LogP) is 1.88. The minimum absolute atomic E-state index is 0.154. The van der Waals surface area contributed by atoms with Gasteiger partial charge < -0.3 is 9.88 Å². The molecule has 19 heavy (non-hydrogen) atoms. The molecule has 0 aliphatic carbocycles. The van der Waals surface area contributed by atoms with Crippen molar-refractivity contribution >= 4 is 5.82 Å². The molecular formula is C14H16FN3O. The molecule has 100 valence electrons. The lowest BCUT2D eigenvalue weighted by Gasteiger charge is -2.08. The third-order valence-electron chi connectivity index (χ3n) is 3.01. The molecule has 0 saturated heterocycles. The van der Waals surface area contributed by atoms with Crippen molar-refractivity contribution in [3.8, 4) is 0 Å². The zero-order valence-electron chi connectivity index (χ0n) is 11.0. The number of hydrogen-bond acceptors (Lipinski definition) is 3. The highest BCUT2D eigenvalue weighted by Gasteiger charge is 2.03. The molecule has 0 atom stereocenters. The van der Waals surface area contributed by atoms with E-state index in [0.717, 1.165) is 11.1 Å². The fourth-order valence-electron chi connectivity index (χ4n) is 1.87. The first-order chi connectivity index (χ1) is 9.08. The van der Waals surface area contributed by atoms with Crippen LogP contribution in [0.1, 0.15) is 11.1 Å². The maximum Gasteiger partial charge on any atom is 0.293 e. The minimum Gasteiger partial charge on any atom is -0.365 e. The van der Waals surface area contributed by atoms with Crippen molar-refractivity contribution in [1.82, 2.24) is 9.55 Å². The largest absolute Gasteiger partial charge is 0.365 e. The second-order valence-electron chi connectivity index (χ2n) is 4.44. The highest BCUT2D eigenvalue weighted by molar-refractivity contribution is 5.32. The molecule has 2 rings (SSSR count). The first-order valence-corrected chi connectivity index (χ1v) is 6.08. The summed E-state index contributed by atoms with van der Waals surface area (Å²) in [7, 11) is 1.68. The monoisotopic (exact) mass is 261 g/mol. The summed E-state index contributed by atoms with van der Waals surface area (Å²) in [5, 5.41) is 3.01. The lowest BCUT2D eigenvalue weighted by Crippen LogP contribution is -2.22. The molecule has 1 N–H and O–H groups in total. The average molecular weight is 261 g/mol. The Morgan fingerprint density at radius 2 is 2.21 bits per heavy atom. The molecule has 1 aromatic heterocycles. The molecule has 0 aliphatic rings. The lowest BCUT2D eigenvalue weighted by atomic mass is 10.1. The van der Waals surface area contributed by atoms with Crippen LogP contribution in [0.2, 0.25) is 0 Å². The quantitative estimate of drug-likeness (QED) is 0.914. The van der Waals surface area contributed by atoms with Gasteiger partial charge in [0, 0.05) is 26.0 Å². The number of nitrogens with one attached hydrogen (secondary N) is 1. The van der Waals surface area contributed by atoms with Crippen LogP contribution in [0, 0.1) is 12.7 Å². The van der Waals surface area contributed by atoms with Gasteiger partial charge in [0.15, 0.2) is 5.82 Å². The molecule has 4 nitrogen and oxygen atoms in total. The first kappa shape index (κ1) is 13.3. The summed E-state index contributed by atoms with van der Waals surface area (Å²) in [5.41, 5.74) is 1.82. The molecule has 1 aromatic carbocycles. The third kappa shape index (κ3) is 3.19. The van der Waals surface area contributed by atoms with Gasteiger partial charge in [-0.3, -0.25) is 4.79 Å². The molecule has 0 unspecified atom stereocenters. The Kier molecular flexibility index (Phi) is 3.94. The summed E-state index contributed by atoms with van der Waals surface area (Å²) in [6.45, 7) is 2.46. The summed E-state index contributed by atoms with van der Waals surface area (Å²) < 4.78 is 14.4. The van der Waals surface area contributed by atoms with Crippen molar-refractivity contribution in [2.45, 2.75) is 13.3 Å². The van der Waals surface area contributed by atoms with Crippen molar-refractivity contribution < 1.29 is 4.39 Å². The van der Waals surface area contributed by atoms with Gasteiger partial charge >= 0.3 is 0 Å². The third-order valence-corrected chi connectivity index (χ3v) is 3.01. The zero-order chi connectivity index (χ0) is 13.8. The molecule has 1 heterocycles. The summed E-state index contributed by atoms with van der Waals surface area (Å²) in [5.74, 6) is 0.109. The van der Waals surface area contributed by atoms with Gasteiger partial charge in [-0.25, -0.2) is 9.37 Å². The summed E-state index contributed by atoms with van der Waals surface area (Å²) in [6, 6.07) is 4.72. The van der Waals surface area contributed by atoms with E-state index in [1.807, 2.05) is 6.92 Å². The number of hydrogen-bond donors (Lipinski definition) is 1. The molecule has 0 radical (unpaired) electrons. The molecular weight excluding hydrogens is 245 g/mol. The average Bonchev–Trinajstić information content (AvgIpc) is 2.37. The molecule has 0 spiro atoms. The smallest absolute Gasteiger partial charge is 0.293 e. The van der Waals surface area contributed by atoms with Crippen molar-refractivity contribution in [1.29, 1.82) is 0 Å². The Hall–Kier alpha value is -2.17. The van der Waals surface area contributed by atoms with Crippen molar-refractivity contribution in [2.24, 2.45) is 7.05 Å². The Morgan fingerprint density at radius 1 is 1.42 bits per heavy atom. The van der Waals surface area contributed by atoms with Crippen LogP contribution in [0.4, 0.5) is 10.2 Å². The number of benzene rings is 1.